The van der Waals surface area contributed by atoms with Gasteiger partial charge in [0.1, 0.15) is 0 Å². The van der Waals surface area contributed by atoms with E-state index in [9.17, 15) is 8.42 Å². The summed E-state index contributed by atoms with van der Waals surface area (Å²) in [4.78, 5) is 0. The molecule has 0 amide bonds. The molecule has 2 aliphatic rings. The Labute approximate surface area is 97.6 Å². The second kappa shape index (κ2) is 4.60. The fourth-order valence-corrected chi connectivity index (χ4v) is 3.80. The number of nitrogens with one attached hydrogen (secondary N) is 3. The van der Waals surface area contributed by atoms with Gasteiger partial charge in [0.05, 0.1) is 0 Å². The average Bonchev–Trinajstić information content (AvgIpc) is 2.14. The first-order valence-electron chi connectivity index (χ1n) is 6.07. The van der Waals surface area contributed by atoms with Gasteiger partial charge in [-0.2, -0.15) is 13.1 Å². The molecule has 1 spiro atoms. The molecular weight excluding hydrogens is 226 g/mol. The normalized spacial score (nSPS) is 28.9. The summed E-state index contributed by atoms with van der Waals surface area (Å²) in [5.74, 6) is 0. The van der Waals surface area contributed by atoms with Crippen molar-refractivity contribution in [3.05, 3.63) is 0 Å². The highest BCUT2D eigenvalue weighted by Crippen LogP contribution is 2.38. The predicted molar refractivity (Wildman–Crippen MR) is 63.3 cm³/mol. The standard InChI is InChI=1S/C10H21N3O2S/c1-2-12-16(14,15)13-9-4-7-11-10(8-9)5-3-6-10/h9,11-13H,2-8H2,1H3. The Morgan fingerprint density at radius 3 is 2.75 bits per heavy atom. The highest BCUT2D eigenvalue weighted by molar-refractivity contribution is 7.87. The second-order valence-electron chi connectivity index (χ2n) is 4.87. The molecule has 1 aliphatic heterocycles. The molecule has 0 aromatic rings. The summed E-state index contributed by atoms with van der Waals surface area (Å²) in [7, 11) is -3.29. The summed E-state index contributed by atoms with van der Waals surface area (Å²) in [5, 5.41) is 3.52. The van der Waals surface area contributed by atoms with Gasteiger partial charge in [-0.15, -0.1) is 0 Å². The fourth-order valence-electron chi connectivity index (χ4n) is 2.69. The Morgan fingerprint density at radius 1 is 1.44 bits per heavy atom. The monoisotopic (exact) mass is 247 g/mol. The van der Waals surface area contributed by atoms with Crippen LogP contribution in [0.1, 0.15) is 39.0 Å². The van der Waals surface area contributed by atoms with Gasteiger partial charge in [-0.3, -0.25) is 0 Å². The summed E-state index contributed by atoms with van der Waals surface area (Å²) < 4.78 is 28.4. The van der Waals surface area contributed by atoms with Crippen LogP contribution in [0.3, 0.4) is 0 Å². The van der Waals surface area contributed by atoms with E-state index in [0.29, 0.717) is 6.54 Å². The van der Waals surface area contributed by atoms with E-state index in [1.165, 1.54) is 19.3 Å². The molecule has 5 nitrogen and oxygen atoms in total. The quantitative estimate of drug-likeness (QED) is 0.660. The van der Waals surface area contributed by atoms with Crippen molar-refractivity contribution in [1.29, 1.82) is 0 Å². The molecule has 0 aromatic heterocycles. The summed E-state index contributed by atoms with van der Waals surface area (Å²) in [6.07, 6.45) is 5.45. The summed E-state index contributed by atoms with van der Waals surface area (Å²) in [6, 6.07) is 0.0885. The lowest BCUT2D eigenvalue weighted by Gasteiger charge is -2.48. The molecule has 1 saturated carbocycles. The molecule has 0 radical (unpaired) electrons. The van der Waals surface area contributed by atoms with E-state index in [1.54, 1.807) is 6.92 Å². The van der Waals surface area contributed by atoms with Crippen molar-refractivity contribution >= 4 is 10.2 Å². The van der Waals surface area contributed by atoms with Crippen molar-refractivity contribution in [3.63, 3.8) is 0 Å². The van der Waals surface area contributed by atoms with Crippen molar-refractivity contribution in [3.8, 4) is 0 Å². The van der Waals surface area contributed by atoms with E-state index in [2.05, 4.69) is 14.8 Å². The number of rotatable bonds is 4. The maximum absolute atomic E-state index is 11.6. The molecular formula is C10H21N3O2S. The minimum Gasteiger partial charge on any atom is -0.311 e. The van der Waals surface area contributed by atoms with Crippen molar-refractivity contribution in [1.82, 2.24) is 14.8 Å². The molecule has 94 valence electrons. The van der Waals surface area contributed by atoms with Crippen LogP contribution in [0.15, 0.2) is 0 Å². The van der Waals surface area contributed by atoms with Gasteiger partial charge in [-0.1, -0.05) is 6.92 Å². The summed E-state index contributed by atoms with van der Waals surface area (Å²) >= 11 is 0. The minimum atomic E-state index is -3.29. The molecule has 16 heavy (non-hydrogen) atoms. The minimum absolute atomic E-state index is 0.0885. The first-order valence-corrected chi connectivity index (χ1v) is 7.55. The maximum Gasteiger partial charge on any atom is 0.277 e. The Balaban J connectivity index is 1.90. The zero-order valence-corrected chi connectivity index (χ0v) is 10.6. The third-order valence-electron chi connectivity index (χ3n) is 3.60. The van der Waals surface area contributed by atoms with E-state index in [0.717, 1.165) is 19.4 Å². The van der Waals surface area contributed by atoms with E-state index < -0.39 is 10.2 Å². The molecule has 1 saturated heterocycles. The molecule has 6 heteroatoms. The number of hydrogen-bond donors (Lipinski definition) is 3. The second-order valence-corrected chi connectivity index (χ2v) is 6.40. The molecule has 1 aliphatic carbocycles. The van der Waals surface area contributed by atoms with Crippen LogP contribution in [-0.4, -0.2) is 33.1 Å². The average molecular weight is 247 g/mol. The zero-order valence-electron chi connectivity index (χ0n) is 9.75. The summed E-state index contributed by atoms with van der Waals surface area (Å²) in [5.41, 5.74) is 0.234. The van der Waals surface area contributed by atoms with Crippen LogP contribution in [0.4, 0.5) is 0 Å². The summed E-state index contributed by atoms with van der Waals surface area (Å²) in [6.45, 7) is 3.14. The molecule has 1 heterocycles. The van der Waals surface area contributed by atoms with Crippen molar-refractivity contribution < 1.29 is 8.42 Å². The maximum atomic E-state index is 11.6. The van der Waals surface area contributed by atoms with Gasteiger partial charge in [-0.05, 0) is 38.6 Å². The van der Waals surface area contributed by atoms with Crippen molar-refractivity contribution in [2.45, 2.75) is 50.6 Å². The topological polar surface area (TPSA) is 70.2 Å². The third kappa shape index (κ3) is 2.74. The third-order valence-corrected chi connectivity index (χ3v) is 4.91. The van der Waals surface area contributed by atoms with Gasteiger partial charge in [0.25, 0.3) is 10.2 Å². The van der Waals surface area contributed by atoms with Gasteiger partial charge in [0.2, 0.25) is 0 Å². The van der Waals surface area contributed by atoms with Crippen LogP contribution in [0.25, 0.3) is 0 Å². The molecule has 1 atom stereocenters. The Bertz CT molecular complexity index is 338. The highest BCUT2D eigenvalue weighted by Gasteiger charge is 2.41. The van der Waals surface area contributed by atoms with E-state index in [4.69, 9.17) is 0 Å². The Hall–Kier alpha value is -0.170. The zero-order chi connectivity index (χ0) is 11.6. The van der Waals surface area contributed by atoms with E-state index >= 15 is 0 Å². The van der Waals surface area contributed by atoms with Gasteiger partial charge in [0, 0.05) is 18.1 Å². The number of hydrogen-bond acceptors (Lipinski definition) is 3. The van der Waals surface area contributed by atoms with Crippen LogP contribution in [-0.2, 0) is 10.2 Å². The van der Waals surface area contributed by atoms with Crippen LogP contribution in [0, 0.1) is 0 Å². The van der Waals surface area contributed by atoms with Crippen LogP contribution < -0.4 is 14.8 Å². The predicted octanol–water partition coefficient (Wildman–Crippen LogP) is 0.105. The smallest absolute Gasteiger partial charge is 0.277 e. The Kier molecular flexibility index (Phi) is 3.53. The van der Waals surface area contributed by atoms with Crippen LogP contribution >= 0.6 is 0 Å². The van der Waals surface area contributed by atoms with Crippen molar-refractivity contribution in [2.24, 2.45) is 0 Å². The SMILES string of the molecule is CCNS(=O)(=O)NC1CCNC2(CCC2)C1. The van der Waals surface area contributed by atoms with E-state index in [1.807, 2.05) is 0 Å². The Morgan fingerprint density at radius 2 is 2.19 bits per heavy atom. The largest absolute Gasteiger partial charge is 0.311 e. The first kappa shape index (κ1) is 12.3. The lowest BCUT2D eigenvalue weighted by molar-refractivity contribution is 0.126. The van der Waals surface area contributed by atoms with Crippen molar-refractivity contribution in [2.75, 3.05) is 13.1 Å². The molecule has 2 fully saturated rings. The van der Waals surface area contributed by atoms with Gasteiger partial charge in [-0.25, -0.2) is 4.72 Å². The van der Waals surface area contributed by atoms with Gasteiger partial charge >= 0.3 is 0 Å². The van der Waals surface area contributed by atoms with Gasteiger partial charge in [0.15, 0.2) is 0 Å². The molecule has 3 N–H and O–H groups in total. The van der Waals surface area contributed by atoms with Gasteiger partial charge < -0.3 is 5.32 Å². The number of piperidine rings is 1. The van der Waals surface area contributed by atoms with E-state index in [-0.39, 0.29) is 11.6 Å². The molecule has 0 aromatic carbocycles. The lowest BCUT2D eigenvalue weighted by atomic mass is 9.70. The molecule has 2 rings (SSSR count). The van der Waals surface area contributed by atoms with Crippen LogP contribution in [0.2, 0.25) is 0 Å². The lowest BCUT2D eigenvalue weighted by Crippen LogP contribution is -2.60. The first-order chi connectivity index (χ1) is 7.55. The molecule has 0 bridgehead atoms. The molecule has 1 unspecified atom stereocenters. The fraction of sp³-hybridized carbons (Fsp3) is 1.00. The van der Waals surface area contributed by atoms with Crippen LogP contribution in [0.5, 0.6) is 0 Å². The highest BCUT2D eigenvalue weighted by atomic mass is 32.2.